The van der Waals surface area contributed by atoms with Gasteiger partial charge in [0.05, 0.1) is 18.8 Å². The van der Waals surface area contributed by atoms with E-state index in [9.17, 15) is 9.59 Å². The van der Waals surface area contributed by atoms with Crippen LogP contribution in [-0.2, 0) is 16.1 Å². The standard InChI is InChI=1S/C10H13N3O2S/c1-6-7(2)16-9(12-6)5-13-4-8(14)11-3-10(13)15/h3-5H2,1-2H3,(H,11,14). The first-order chi connectivity index (χ1) is 7.56. The van der Waals surface area contributed by atoms with Crippen LogP contribution in [0.2, 0.25) is 0 Å². The normalized spacial score (nSPS) is 16.5. The van der Waals surface area contributed by atoms with Crippen molar-refractivity contribution in [2.24, 2.45) is 0 Å². The Labute approximate surface area is 97.5 Å². The molecule has 6 heteroatoms. The molecular formula is C10H13N3O2S. The Morgan fingerprint density at radius 1 is 1.44 bits per heavy atom. The van der Waals surface area contributed by atoms with Crippen molar-refractivity contribution in [2.75, 3.05) is 13.1 Å². The molecule has 1 fully saturated rings. The van der Waals surface area contributed by atoms with Gasteiger partial charge in [0.2, 0.25) is 11.8 Å². The van der Waals surface area contributed by atoms with E-state index in [4.69, 9.17) is 0 Å². The van der Waals surface area contributed by atoms with Crippen LogP contribution in [0.25, 0.3) is 0 Å². The van der Waals surface area contributed by atoms with E-state index in [0.717, 1.165) is 15.6 Å². The topological polar surface area (TPSA) is 62.3 Å². The van der Waals surface area contributed by atoms with Gasteiger partial charge in [0, 0.05) is 4.88 Å². The van der Waals surface area contributed by atoms with Crippen molar-refractivity contribution in [2.45, 2.75) is 20.4 Å². The predicted molar refractivity (Wildman–Crippen MR) is 60.0 cm³/mol. The number of hydrogen-bond acceptors (Lipinski definition) is 4. The minimum atomic E-state index is -0.107. The minimum Gasteiger partial charge on any atom is -0.345 e. The van der Waals surface area contributed by atoms with Crippen LogP contribution >= 0.6 is 11.3 Å². The molecule has 5 nitrogen and oxygen atoms in total. The van der Waals surface area contributed by atoms with E-state index in [-0.39, 0.29) is 24.9 Å². The van der Waals surface area contributed by atoms with Crippen LogP contribution in [0.4, 0.5) is 0 Å². The molecule has 0 aliphatic carbocycles. The minimum absolute atomic E-state index is 0.0508. The average molecular weight is 239 g/mol. The van der Waals surface area contributed by atoms with Crippen molar-refractivity contribution in [1.29, 1.82) is 0 Å². The number of aryl methyl sites for hydroxylation is 2. The van der Waals surface area contributed by atoms with Crippen molar-refractivity contribution in [1.82, 2.24) is 15.2 Å². The summed E-state index contributed by atoms with van der Waals surface area (Å²) < 4.78 is 0. The van der Waals surface area contributed by atoms with Gasteiger partial charge >= 0.3 is 0 Å². The molecule has 1 aromatic rings. The smallest absolute Gasteiger partial charge is 0.242 e. The number of rotatable bonds is 2. The first-order valence-electron chi connectivity index (χ1n) is 5.03. The second kappa shape index (κ2) is 4.21. The molecule has 1 saturated heterocycles. The lowest BCUT2D eigenvalue weighted by Crippen LogP contribution is -2.50. The molecule has 16 heavy (non-hydrogen) atoms. The van der Waals surface area contributed by atoms with Crippen LogP contribution in [0.5, 0.6) is 0 Å². The fourth-order valence-corrected chi connectivity index (χ4v) is 2.47. The van der Waals surface area contributed by atoms with E-state index in [0.29, 0.717) is 6.54 Å². The van der Waals surface area contributed by atoms with Gasteiger partial charge < -0.3 is 10.2 Å². The van der Waals surface area contributed by atoms with Crippen LogP contribution in [0.1, 0.15) is 15.6 Å². The molecule has 2 rings (SSSR count). The van der Waals surface area contributed by atoms with Gasteiger partial charge in [-0.3, -0.25) is 9.59 Å². The summed E-state index contributed by atoms with van der Waals surface area (Å²) in [6, 6.07) is 0. The molecule has 0 spiro atoms. The van der Waals surface area contributed by atoms with E-state index >= 15 is 0 Å². The Hall–Kier alpha value is -1.43. The maximum Gasteiger partial charge on any atom is 0.242 e. The second-order valence-electron chi connectivity index (χ2n) is 3.78. The first-order valence-corrected chi connectivity index (χ1v) is 5.85. The number of carbonyl (C=O) groups is 2. The van der Waals surface area contributed by atoms with Gasteiger partial charge in [0.1, 0.15) is 11.6 Å². The quantitative estimate of drug-likeness (QED) is 0.803. The van der Waals surface area contributed by atoms with Gasteiger partial charge in [0.25, 0.3) is 0 Å². The largest absolute Gasteiger partial charge is 0.345 e. The highest BCUT2D eigenvalue weighted by atomic mass is 32.1. The highest BCUT2D eigenvalue weighted by molar-refractivity contribution is 7.11. The summed E-state index contributed by atoms with van der Waals surface area (Å²) in [5.41, 5.74) is 0.994. The molecule has 1 aliphatic heterocycles. The third kappa shape index (κ3) is 2.21. The summed E-state index contributed by atoms with van der Waals surface area (Å²) in [6.45, 7) is 4.62. The Balaban J connectivity index is 2.08. The fourth-order valence-electron chi connectivity index (χ4n) is 1.52. The summed E-state index contributed by atoms with van der Waals surface area (Å²) in [4.78, 5) is 29.7. The van der Waals surface area contributed by atoms with E-state index in [1.54, 1.807) is 11.3 Å². The van der Waals surface area contributed by atoms with Crippen molar-refractivity contribution in [3.8, 4) is 0 Å². The number of piperazine rings is 1. The maximum absolute atomic E-state index is 11.5. The maximum atomic E-state index is 11.5. The molecule has 2 amide bonds. The fraction of sp³-hybridized carbons (Fsp3) is 0.500. The number of carbonyl (C=O) groups excluding carboxylic acids is 2. The van der Waals surface area contributed by atoms with E-state index in [2.05, 4.69) is 10.3 Å². The highest BCUT2D eigenvalue weighted by Crippen LogP contribution is 2.18. The molecule has 2 heterocycles. The van der Waals surface area contributed by atoms with Crippen LogP contribution in [0.15, 0.2) is 0 Å². The van der Waals surface area contributed by atoms with E-state index in [1.165, 1.54) is 4.90 Å². The second-order valence-corrected chi connectivity index (χ2v) is 5.06. The Morgan fingerprint density at radius 3 is 2.81 bits per heavy atom. The molecule has 1 aliphatic rings. The molecule has 0 radical (unpaired) electrons. The van der Waals surface area contributed by atoms with Gasteiger partial charge in [-0.2, -0.15) is 0 Å². The molecule has 1 N–H and O–H groups in total. The Morgan fingerprint density at radius 2 is 2.19 bits per heavy atom. The van der Waals surface area contributed by atoms with Crippen molar-refractivity contribution < 1.29 is 9.59 Å². The number of nitrogens with zero attached hydrogens (tertiary/aromatic N) is 2. The Kier molecular flexibility index (Phi) is 2.91. The average Bonchev–Trinajstić information content (AvgIpc) is 2.52. The van der Waals surface area contributed by atoms with Crippen LogP contribution < -0.4 is 5.32 Å². The summed E-state index contributed by atoms with van der Waals surface area (Å²) in [7, 11) is 0. The van der Waals surface area contributed by atoms with E-state index in [1.807, 2.05) is 13.8 Å². The molecule has 0 saturated carbocycles. The zero-order chi connectivity index (χ0) is 11.7. The molecule has 0 aromatic carbocycles. The summed E-state index contributed by atoms with van der Waals surface area (Å²) in [6.07, 6.45) is 0. The van der Waals surface area contributed by atoms with Crippen LogP contribution in [0.3, 0.4) is 0 Å². The van der Waals surface area contributed by atoms with Crippen molar-refractivity contribution >= 4 is 23.2 Å². The molecule has 0 atom stereocenters. The molecule has 0 unspecified atom stereocenters. The third-order valence-electron chi connectivity index (χ3n) is 2.52. The summed E-state index contributed by atoms with van der Waals surface area (Å²) >= 11 is 1.57. The van der Waals surface area contributed by atoms with Crippen molar-refractivity contribution in [3.05, 3.63) is 15.6 Å². The molecule has 0 bridgehead atoms. The van der Waals surface area contributed by atoms with Gasteiger partial charge in [-0.25, -0.2) is 4.98 Å². The number of nitrogens with one attached hydrogen (secondary N) is 1. The van der Waals surface area contributed by atoms with Crippen LogP contribution in [0, 0.1) is 13.8 Å². The lowest BCUT2D eigenvalue weighted by Gasteiger charge is -2.25. The predicted octanol–water partition coefficient (Wildman–Crippen LogP) is 0.218. The highest BCUT2D eigenvalue weighted by Gasteiger charge is 2.23. The third-order valence-corrected chi connectivity index (χ3v) is 3.58. The number of thiazole rings is 1. The summed E-state index contributed by atoms with van der Waals surface area (Å²) in [5, 5.41) is 3.40. The molecular weight excluding hydrogens is 226 g/mol. The zero-order valence-electron chi connectivity index (χ0n) is 9.24. The van der Waals surface area contributed by atoms with Crippen LogP contribution in [-0.4, -0.2) is 34.8 Å². The van der Waals surface area contributed by atoms with Gasteiger partial charge in [-0.15, -0.1) is 11.3 Å². The van der Waals surface area contributed by atoms with Gasteiger partial charge in [0.15, 0.2) is 0 Å². The number of amides is 2. The SMILES string of the molecule is Cc1nc(CN2CC(=O)NCC2=O)sc1C. The lowest BCUT2D eigenvalue weighted by atomic mass is 10.3. The lowest BCUT2D eigenvalue weighted by molar-refractivity contribution is -0.141. The first kappa shape index (κ1) is 11.1. The number of hydrogen-bond donors (Lipinski definition) is 1. The number of aromatic nitrogens is 1. The Bertz CT molecular complexity index is 422. The van der Waals surface area contributed by atoms with E-state index < -0.39 is 0 Å². The molecule has 86 valence electrons. The van der Waals surface area contributed by atoms with Crippen molar-refractivity contribution in [3.63, 3.8) is 0 Å². The van der Waals surface area contributed by atoms with Gasteiger partial charge in [-0.05, 0) is 13.8 Å². The molecule has 1 aromatic heterocycles. The monoisotopic (exact) mass is 239 g/mol. The summed E-state index contributed by atoms with van der Waals surface area (Å²) in [5.74, 6) is -0.158. The zero-order valence-corrected chi connectivity index (χ0v) is 10.1. The van der Waals surface area contributed by atoms with Gasteiger partial charge in [-0.1, -0.05) is 0 Å².